The van der Waals surface area contributed by atoms with Gasteiger partial charge in [-0.05, 0) is 35.6 Å². The van der Waals surface area contributed by atoms with Crippen LogP contribution in [-0.2, 0) is 26.8 Å². The summed E-state index contributed by atoms with van der Waals surface area (Å²) in [5.41, 5.74) is 3.74. The van der Waals surface area contributed by atoms with E-state index in [-0.39, 0.29) is 24.4 Å². The number of nitrogens with one attached hydrogen (secondary N) is 1. The van der Waals surface area contributed by atoms with Gasteiger partial charge in [-0.25, -0.2) is 8.42 Å². The molecule has 0 radical (unpaired) electrons. The molecule has 0 saturated heterocycles. The fourth-order valence-electron chi connectivity index (χ4n) is 2.72. The monoisotopic (exact) mass is 388 g/mol. The van der Waals surface area contributed by atoms with Crippen LogP contribution in [0, 0.1) is 6.92 Å². The molecule has 1 amide bonds. The van der Waals surface area contributed by atoms with Crippen LogP contribution in [0.25, 0.3) is 0 Å². The minimum atomic E-state index is -3.52. The number of rotatable bonds is 6. The maximum absolute atomic E-state index is 12.4. The van der Waals surface area contributed by atoms with Crippen molar-refractivity contribution in [2.45, 2.75) is 39.7 Å². The second-order valence-corrected chi connectivity index (χ2v) is 9.88. The molecule has 0 aliphatic heterocycles. The maximum atomic E-state index is 12.4. The number of carbonyl (C=O) groups excluding carboxylic acids is 1. The van der Waals surface area contributed by atoms with Crippen molar-refractivity contribution in [1.29, 1.82) is 0 Å². The average molecular weight is 389 g/mol. The topological polar surface area (TPSA) is 66.5 Å². The lowest BCUT2D eigenvalue weighted by atomic mass is 9.87. The third kappa shape index (κ3) is 6.48. The Bertz CT molecular complexity index is 898. The molecule has 0 saturated carbocycles. The van der Waals surface area contributed by atoms with Gasteiger partial charge in [-0.1, -0.05) is 62.7 Å². The smallest absolute Gasteiger partial charge is 0.239 e. The van der Waals surface area contributed by atoms with E-state index in [0.29, 0.717) is 5.69 Å². The van der Waals surface area contributed by atoms with Gasteiger partial charge in [0.25, 0.3) is 0 Å². The van der Waals surface area contributed by atoms with Gasteiger partial charge in [-0.15, -0.1) is 0 Å². The number of benzene rings is 2. The molecule has 0 bridgehead atoms. The molecule has 0 fully saturated rings. The van der Waals surface area contributed by atoms with Crippen LogP contribution in [0.3, 0.4) is 0 Å². The predicted molar refractivity (Wildman–Crippen MR) is 110 cm³/mol. The molecule has 6 heteroatoms. The molecule has 0 unspecified atom stereocenters. The first-order valence-corrected chi connectivity index (χ1v) is 10.7. The van der Waals surface area contributed by atoms with Crippen molar-refractivity contribution in [3.63, 3.8) is 0 Å². The van der Waals surface area contributed by atoms with Gasteiger partial charge in [-0.2, -0.15) is 4.31 Å². The highest BCUT2D eigenvalue weighted by Crippen LogP contribution is 2.23. The number of hydrogen-bond donors (Lipinski definition) is 1. The lowest BCUT2D eigenvalue weighted by Crippen LogP contribution is -2.36. The Labute approximate surface area is 162 Å². The van der Waals surface area contributed by atoms with Gasteiger partial charge >= 0.3 is 0 Å². The second kappa shape index (κ2) is 8.23. The molecule has 0 aliphatic rings. The molecule has 2 aromatic rings. The zero-order chi connectivity index (χ0) is 20.2. The van der Waals surface area contributed by atoms with Gasteiger partial charge in [0, 0.05) is 12.2 Å². The molecule has 0 atom stereocenters. The molecular weight excluding hydrogens is 360 g/mol. The second-order valence-electron chi connectivity index (χ2n) is 7.90. The van der Waals surface area contributed by atoms with Gasteiger partial charge in [0.2, 0.25) is 15.9 Å². The third-order valence-electron chi connectivity index (χ3n) is 4.27. The fourth-order valence-corrected chi connectivity index (χ4v) is 3.45. The molecule has 0 heterocycles. The summed E-state index contributed by atoms with van der Waals surface area (Å²) in [5, 5.41) is 2.78. The number of carbonyl (C=O) groups is 1. The number of hydrogen-bond acceptors (Lipinski definition) is 3. The van der Waals surface area contributed by atoms with Gasteiger partial charge in [-0.3, -0.25) is 4.79 Å². The van der Waals surface area contributed by atoms with Crippen molar-refractivity contribution in [2.24, 2.45) is 0 Å². The first-order chi connectivity index (χ1) is 12.4. The van der Waals surface area contributed by atoms with Crippen LogP contribution in [0.15, 0.2) is 48.5 Å². The van der Waals surface area contributed by atoms with E-state index in [9.17, 15) is 13.2 Å². The summed E-state index contributed by atoms with van der Waals surface area (Å²) in [7, 11) is -3.52. The largest absolute Gasteiger partial charge is 0.325 e. The minimum Gasteiger partial charge on any atom is -0.325 e. The van der Waals surface area contributed by atoms with E-state index >= 15 is 0 Å². The number of anilines is 1. The molecule has 0 spiro atoms. The highest BCUT2D eigenvalue weighted by Gasteiger charge is 2.21. The Morgan fingerprint density at radius 3 is 2.22 bits per heavy atom. The van der Waals surface area contributed by atoms with Gasteiger partial charge in [0.15, 0.2) is 0 Å². The van der Waals surface area contributed by atoms with Crippen molar-refractivity contribution in [3.05, 3.63) is 65.2 Å². The maximum Gasteiger partial charge on any atom is 0.239 e. The molecular formula is C21H28N2O3S. The summed E-state index contributed by atoms with van der Waals surface area (Å²) in [5.74, 6) is -0.364. The van der Waals surface area contributed by atoms with E-state index in [1.165, 1.54) is 4.31 Å². The number of aryl methyl sites for hydroxylation is 1. The third-order valence-corrected chi connectivity index (χ3v) is 5.46. The molecule has 0 aliphatic carbocycles. The Kier molecular flexibility index (Phi) is 6.44. The SMILES string of the molecule is Cc1cccc(CN(CC(=O)Nc2ccc(C(C)(C)C)cc2)S(C)(=O)=O)c1. The van der Waals surface area contributed by atoms with Crippen molar-refractivity contribution < 1.29 is 13.2 Å². The molecule has 1 N–H and O–H groups in total. The molecule has 0 aromatic heterocycles. The molecule has 2 aromatic carbocycles. The van der Waals surface area contributed by atoms with E-state index in [4.69, 9.17) is 0 Å². The first kappa shape index (κ1) is 21.1. The number of nitrogens with zero attached hydrogens (tertiary/aromatic N) is 1. The molecule has 146 valence electrons. The standard InChI is InChI=1S/C21H28N2O3S/c1-16-7-6-8-17(13-16)14-23(27(5,25)26)15-20(24)22-19-11-9-18(10-12-19)21(2,3)4/h6-13H,14-15H2,1-5H3,(H,22,24). The van der Waals surface area contributed by atoms with Crippen LogP contribution in [0.2, 0.25) is 0 Å². The lowest BCUT2D eigenvalue weighted by Gasteiger charge is -2.21. The van der Waals surface area contributed by atoms with Crippen molar-refractivity contribution in [3.8, 4) is 0 Å². The van der Waals surface area contributed by atoms with Gasteiger partial charge in [0.05, 0.1) is 12.8 Å². The van der Waals surface area contributed by atoms with Crippen molar-refractivity contribution in [2.75, 3.05) is 18.1 Å². The number of amides is 1. The quantitative estimate of drug-likeness (QED) is 0.821. The normalized spacial score (nSPS) is 12.2. The Morgan fingerprint density at radius 2 is 1.70 bits per heavy atom. The zero-order valence-corrected chi connectivity index (χ0v) is 17.4. The van der Waals surface area contributed by atoms with Crippen LogP contribution >= 0.6 is 0 Å². The van der Waals surface area contributed by atoms with E-state index in [1.54, 1.807) is 0 Å². The predicted octanol–water partition coefficient (Wildman–Crippen LogP) is 3.69. The van der Waals surface area contributed by atoms with Crippen LogP contribution in [0.5, 0.6) is 0 Å². The van der Waals surface area contributed by atoms with Gasteiger partial charge < -0.3 is 5.32 Å². The summed E-state index contributed by atoms with van der Waals surface area (Å²) < 4.78 is 25.4. The summed E-state index contributed by atoms with van der Waals surface area (Å²) in [6, 6.07) is 15.2. The summed E-state index contributed by atoms with van der Waals surface area (Å²) in [6.45, 7) is 8.24. The Balaban J connectivity index is 2.08. The molecule has 2 rings (SSSR count). The van der Waals surface area contributed by atoms with E-state index in [2.05, 4.69) is 26.1 Å². The summed E-state index contributed by atoms with van der Waals surface area (Å²) >= 11 is 0. The van der Waals surface area contributed by atoms with Crippen LogP contribution in [-0.4, -0.2) is 31.4 Å². The first-order valence-electron chi connectivity index (χ1n) is 8.86. The average Bonchev–Trinajstić information content (AvgIpc) is 2.53. The van der Waals surface area contributed by atoms with Crippen molar-refractivity contribution >= 4 is 21.6 Å². The summed E-state index contributed by atoms with van der Waals surface area (Å²) in [4.78, 5) is 12.4. The van der Waals surface area contributed by atoms with Crippen LogP contribution < -0.4 is 5.32 Å². The van der Waals surface area contributed by atoms with E-state index in [1.807, 2.05) is 55.5 Å². The highest BCUT2D eigenvalue weighted by atomic mass is 32.2. The van der Waals surface area contributed by atoms with Crippen LogP contribution in [0.1, 0.15) is 37.5 Å². The highest BCUT2D eigenvalue weighted by molar-refractivity contribution is 7.88. The fraction of sp³-hybridized carbons (Fsp3) is 0.381. The molecule has 27 heavy (non-hydrogen) atoms. The van der Waals surface area contributed by atoms with Crippen LogP contribution in [0.4, 0.5) is 5.69 Å². The lowest BCUT2D eigenvalue weighted by molar-refractivity contribution is -0.116. The van der Waals surface area contributed by atoms with Crippen molar-refractivity contribution in [1.82, 2.24) is 4.31 Å². The van der Waals surface area contributed by atoms with E-state index in [0.717, 1.165) is 22.9 Å². The molecule has 5 nitrogen and oxygen atoms in total. The Morgan fingerprint density at radius 1 is 1.07 bits per heavy atom. The van der Waals surface area contributed by atoms with Gasteiger partial charge in [0.1, 0.15) is 0 Å². The zero-order valence-electron chi connectivity index (χ0n) is 16.6. The number of sulfonamides is 1. The Hall–Kier alpha value is -2.18. The van der Waals surface area contributed by atoms with E-state index < -0.39 is 10.0 Å². The minimum absolute atomic E-state index is 0.0312. The summed E-state index contributed by atoms with van der Waals surface area (Å²) in [6.07, 6.45) is 1.12.